The molecule has 2 aliphatic rings. The van der Waals surface area contributed by atoms with Crippen LogP contribution in [0.4, 0.5) is 0 Å². The van der Waals surface area contributed by atoms with E-state index in [0.717, 1.165) is 24.4 Å². The predicted molar refractivity (Wildman–Crippen MR) is 63.8 cm³/mol. The van der Waals surface area contributed by atoms with Crippen LogP contribution in [-0.4, -0.2) is 24.4 Å². The molecule has 2 aliphatic heterocycles. The van der Waals surface area contributed by atoms with Crippen LogP contribution in [-0.2, 0) is 11.2 Å². The second-order valence-electron chi connectivity index (χ2n) is 4.57. The molecule has 3 nitrogen and oxygen atoms in total. The summed E-state index contributed by atoms with van der Waals surface area (Å²) in [7, 11) is 0. The number of hydrogen-bond donors (Lipinski definition) is 1. The molecule has 0 saturated carbocycles. The summed E-state index contributed by atoms with van der Waals surface area (Å²) >= 11 is 0. The number of benzene rings is 1. The molecule has 3 heteroatoms. The molecule has 0 amide bonds. The second kappa shape index (κ2) is 4.41. The highest BCUT2D eigenvalue weighted by Crippen LogP contribution is 2.31. The van der Waals surface area contributed by atoms with E-state index in [1.165, 1.54) is 5.56 Å². The first kappa shape index (κ1) is 10.7. The highest BCUT2D eigenvalue weighted by atomic mass is 16.5. The lowest BCUT2D eigenvalue weighted by molar-refractivity contribution is 0.0455. The Morgan fingerprint density at radius 2 is 2.12 bits per heavy atom. The molecular formula is C14H16O3. The van der Waals surface area contributed by atoms with Crippen LogP contribution >= 0.6 is 0 Å². The third-order valence-corrected chi connectivity index (χ3v) is 3.38. The Kier molecular flexibility index (Phi) is 2.77. The lowest BCUT2D eigenvalue weighted by Gasteiger charge is -2.29. The Bertz CT molecular complexity index is 439. The molecule has 0 spiro atoms. The summed E-state index contributed by atoms with van der Waals surface area (Å²) in [6.07, 6.45) is 3.19. The van der Waals surface area contributed by atoms with E-state index in [1.807, 2.05) is 24.3 Å². The van der Waals surface area contributed by atoms with Gasteiger partial charge in [0.1, 0.15) is 17.6 Å². The van der Waals surface area contributed by atoms with E-state index >= 15 is 0 Å². The first-order valence-electron chi connectivity index (χ1n) is 6.06. The van der Waals surface area contributed by atoms with Gasteiger partial charge in [0.05, 0.1) is 13.2 Å². The van der Waals surface area contributed by atoms with E-state index in [2.05, 4.69) is 6.07 Å². The topological polar surface area (TPSA) is 38.7 Å². The molecule has 0 bridgehead atoms. The Labute approximate surface area is 101 Å². The van der Waals surface area contributed by atoms with Crippen LogP contribution in [0.15, 0.2) is 36.1 Å². The zero-order valence-electron chi connectivity index (χ0n) is 9.63. The van der Waals surface area contributed by atoms with E-state index in [9.17, 15) is 5.11 Å². The van der Waals surface area contributed by atoms with Crippen molar-refractivity contribution in [3.05, 3.63) is 41.7 Å². The molecule has 0 radical (unpaired) electrons. The van der Waals surface area contributed by atoms with Crippen LogP contribution in [0.5, 0.6) is 5.75 Å². The standard InChI is InChI=1S/C14H16O3/c15-14(13-6-3-7-16-13)11-8-10-4-1-2-5-12(10)17-9-11/h1-2,4-6,11,14-15H,3,7-9H2. The third-order valence-electron chi connectivity index (χ3n) is 3.38. The molecule has 0 aromatic heterocycles. The van der Waals surface area contributed by atoms with Gasteiger partial charge in [-0.2, -0.15) is 0 Å². The molecule has 0 aliphatic carbocycles. The van der Waals surface area contributed by atoms with Gasteiger partial charge >= 0.3 is 0 Å². The first-order chi connectivity index (χ1) is 8.34. The summed E-state index contributed by atoms with van der Waals surface area (Å²) in [5.74, 6) is 1.75. The molecule has 3 rings (SSSR count). The smallest absolute Gasteiger partial charge is 0.122 e. The minimum atomic E-state index is -0.536. The van der Waals surface area contributed by atoms with Gasteiger partial charge in [-0.15, -0.1) is 0 Å². The van der Waals surface area contributed by atoms with Crippen LogP contribution < -0.4 is 4.74 Å². The normalized spacial score (nSPS) is 24.3. The van der Waals surface area contributed by atoms with Gasteiger partial charge in [-0.1, -0.05) is 18.2 Å². The summed E-state index contributed by atoms with van der Waals surface area (Å²) in [4.78, 5) is 0. The van der Waals surface area contributed by atoms with Gasteiger partial charge in [-0.05, 0) is 24.1 Å². The second-order valence-corrected chi connectivity index (χ2v) is 4.57. The maximum Gasteiger partial charge on any atom is 0.122 e. The Balaban J connectivity index is 1.75. The van der Waals surface area contributed by atoms with E-state index in [0.29, 0.717) is 13.2 Å². The number of rotatable bonds is 2. The molecule has 0 fully saturated rings. The summed E-state index contributed by atoms with van der Waals surface area (Å²) < 4.78 is 11.1. The maximum absolute atomic E-state index is 10.2. The van der Waals surface area contributed by atoms with Crippen LogP contribution in [0.3, 0.4) is 0 Å². The van der Waals surface area contributed by atoms with Crippen LogP contribution in [0.1, 0.15) is 12.0 Å². The quantitative estimate of drug-likeness (QED) is 0.846. The minimum Gasteiger partial charge on any atom is -0.495 e. The Morgan fingerprint density at radius 3 is 2.94 bits per heavy atom. The van der Waals surface area contributed by atoms with Gasteiger partial charge in [0.25, 0.3) is 0 Å². The molecular weight excluding hydrogens is 216 g/mol. The number of aliphatic hydroxyl groups is 1. The van der Waals surface area contributed by atoms with E-state index < -0.39 is 6.10 Å². The zero-order chi connectivity index (χ0) is 11.7. The van der Waals surface area contributed by atoms with Gasteiger partial charge in [0.15, 0.2) is 0 Å². The monoisotopic (exact) mass is 232 g/mol. The van der Waals surface area contributed by atoms with Crippen molar-refractivity contribution in [1.29, 1.82) is 0 Å². The van der Waals surface area contributed by atoms with Crippen molar-refractivity contribution in [2.75, 3.05) is 13.2 Å². The molecule has 1 N–H and O–H groups in total. The largest absolute Gasteiger partial charge is 0.495 e. The fourth-order valence-electron chi connectivity index (χ4n) is 2.43. The molecule has 17 heavy (non-hydrogen) atoms. The van der Waals surface area contributed by atoms with E-state index in [4.69, 9.17) is 9.47 Å². The van der Waals surface area contributed by atoms with Gasteiger partial charge in [-0.25, -0.2) is 0 Å². The van der Waals surface area contributed by atoms with E-state index in [1.54, 1.807) is 0 Å². The van der Waals surface area contributed by atoms with Crippen molar-refractivity contribution in [3.8, 4) is 5.75 Å². The molecule has 2 unspecified atom stereocenters. The van der Waals surface area contributed by atoms with Crippen LogP contribution in [0, 0.1) is 5.92 Å². The van der Waals surface area contributed by atoms with Crippen molar-refractivity contribution in [3.63, 3.8) is 0 Å². The van der Waals surface area contributed by atoms with Crippen LogP contribution in [0.2, 0.25) is 0 Å². The molecule has 2 atom stereocenters. The summed E-state index contributed by atoms with van der Waals surface area (Å²) in [5, 5.41) is 10.2. The number of ether oxygens (including phenoxy) is 2. The third kappa shape index (κ3) is 2.03. The van der Waals surface area contributed by atoms with Gasteiger partial charge in [0.2, 0.25) is 0 Å². The Hall–Kier alpha value is -1.48. The average Bonchev–Trinajstić information content (AvgIpc) is 2.91. The predicted octanol–water partition coefficient (Wildman–Crippen LogP) is 1.90. The zero-order valence-corrected chi connectivity index (χ0v) is 9.63. The Morgan fingerprint density at radius 1 is 1.24 bits per heavy atom. The molecule has 0 saturated heterocycles. The number of hydrogen-bond acceptors (Lipinski definition) is 3. The van der Waals surface area contributed by atoms with Crippen molar-refractivity contribution in [2.45, 2.75) is 18.9 Å². The van der Waals surface area contributed by atoms with Crippen molar-refractivity contribution < 1.29 is 14.6 Å². The lowest BCUT2D eigenvalue weighted by Crippen LogP contribution is -2.33. The fraction of sp³-hybridized carbons (Fsp3) is 0.429. The minimum absolute atomic E-state index is 0.0919. The SMILES string of the molecule is OC(C1=CCCO1)C1COc2ccccc2C1. The number of aliphatic hydroxyl groups excluding tert-OH is 1. The highest BCUT2D eigenvalue weighted by molar-refractivity contribution is 5.35. The highest BCUT2D eigenvalue weighted by Gasteiger charge is 2.30. The maximum atomic E-state index is 10.2. The van der Waals surface area contributed by atoms with E-state index in [-0.39, 0.29) is 5.92 Å². The van der Waals surface area contributed by atoms with Crippen LogP contribution in [0.25, 0.3) is 0 Å². The molecule has 2 heterocycles. The van der Waals surface area contributed by atoms with Gasteiger partial charge < -0.3 is 14.6 Å². The summed E-state index contributed by atoms with van der Waals surface area (Å²) in [6, 6.07) is 8.00. The lowest BCUT2D eigenvalue weighted by atomic mass is 9.91. The molecule has 1 aromatic carbocycles. The first-order valence-corrected chi connectivity index (χ1v) is 6.06. The van der Waals surface area contributed by atoms with Crippen molar-refractivity contribution >= 4 is 0 Å². The number of fused-ring (bicyclic) bond motifs is 1. The fourth-order valence-corrected chi connectivity index (χ4v) is 2.43. The summed E-state index contributed by atoms with van der Waals surface area (Å²) in [5.41, 5.74) is 1.17. The molecule has 1 aromatic rings. The van der Waals surface area contributed by atoms with Gasteiger partial charge in [-0.3, -0.25) is 0 Å². The average molecular weight is 232 g/mol. The van der Waals surface area contributed by atoms with Gasteiger partial charge in [0, 0.05) is 12.3 Å². The molecule has 90 valence electrons. The van der Waals surface area contributed by atoms with Crippen molar-refractivity contribution in [2.24, 2.45) is 5.92 Å². The summed E-state index contributed by atoms with van der Waals surface area (Å²) in [6.45, 7) is 1.25. The number of para-hydroxylation sites is 1. The van der Waals surface area contributed by atoms with Crippen molar-refractivity contribution in [1.82, 2.24) is 0 Å².